The van der Waals surface area contributed by atoms with Crippen LogP contribution in [0.15, 0.2) is 18.3 Å². The second kappa shape index (κ2) is 4.19. The second-order valence-electron chi connectivity index (χ2n) is 4.25. The second-order valence-corrected chi connectivity index (χ2v) is 4.25. The van der Waals surface area contributed by atoms with Crippen molar-refractivity contribution >= 4 is 5.69 Å². The molecule has 1 aromatic rings. The molecular weight excluding hydrogens is 188 g/mol. The first kappa shape index (κ1) is 10.4. The number of aryl methyl sites for hydroxylation is 1. The van der Waals surface area contributed by atoms with Crippen LogP contribution >= 0.6 is 0 Å². The highest BCUT2D eigenvalue weighted by molar-refractivity contribution is 5.47. The smallest absolute Gasteiger partial charge is 0.0579 e. The molecule has 0 spiro atoms. The number of pyridine rings is 1. The van der Waals surface area contributed by atoms with Crippen LogP contribution in [0.25, 0.3) is 0 Å². The highest BCUT2D eigenvalue weighted by atomic mass is 16.3. The monoisotopic (exact) mass is 206 g/mol. The minimum atomic E-state index is -0.0927. The molecule has 1 aliphatic rings. The maximum absolute atomic E-state index is 9.28. The van der Waals surface area contributed by atoms with Gasteiger partial charge in [0.1, 0.15) is 0 Å². The van der Waals surface area contributed by atoms with Gasteiger partial charge in [-0.2, -0.15) is 0 Å². The predicted molar refractivity (Wildman–Crippen MR) is 61.0 cm³/mol. The molecule has 1 aliphatic carbocycles. The molecule has 1 aromatic heterocycles. The Bertz CT molecular complexity index is 334. The summed E-state index contributed by atoms with van der Waals surface area (Å²) in [7, 11) is 2.09. The van der Waals surface area contributed by atoms with Crippen LogP contribution in [-0.2, 0) is 6.42 Å². The Labute approximate surface area is 90.8 Å². The average Bonchev–Trinajstić information content (AvgIpc) is 2.24. The van der Waals surface area contributed by atoms with Gasteiger partial charge in [-0.3, -0.25) is 4.98 Å². The molecule has 0 bridgehead atoms. The van der Waals surface area contributed by atoms with E-state index in [9.17, 15) is 5.11 Å². The summed E-state index contributed by atoms with van der Waals surface area (Å²) >= 11 is 0. The van der Waals surface area contributed by atoms with Gasteiger partial charge < -0.3 is 10.0 Å². The third kappa shape index (κ3) is 2.12. The van der Waals surface area contributed by atoms with E-state index in [2.05, 4.69) is 29.9 Å². The molecule has 0 saturated heterocycles. The van der Waals surface area contributed by atoms with Gasteiger partial charge >= 0.3 is 0 Å². The summed E-state index contributed by atoms with van der Waals surface area (Å²) < 4.78 is 0. The molecule has 15 heavy (non-hydrogen) atoms. The highest BCUT2D eigenvalue weighted by Crippen LogP contribution is 2.28. The molecule has 1 heterocycles. The van der Waals surface area contributed by atoms with Crippen molar-refractivity contribution in [2.24, 2.45) is 0 Å². The van der Waals surface area contributed by atoms with Gasteiger partial charge in [0.2, 0.25) is 0 Å². The topological polar surface area (TPSA) is 36.4 Å². The SMILES string of the molecule is CCc1cc(N(C)C2CC(O)C2)ccn1. The minimum absolute atomic E-state index is 0.0927. The summed E-state index contributed by atoms with van der Waals surface area (Å²) in [6, 6.07) is 4.65. The molecule has 1 saturated carbocycles. The lowest BCUT2D eigenvalue weighted by atomic mass is 9.88. The lowest BCUT2D eigenvalue weighted by Crippen LogP contribution is -2.45. The molecule has 0 atom stereocenters. The van der Waals surface area contributed by atoms with Crippen LogP contribution in [-0.4, -0.2) is 29.3 Å². The van der Waals surface area contributed by atoms with E-state index in [1.54, 1.807) is 0 Å². The molecule has 0 unspecified atom stereocenters. The molecular formula is C12H18N2O. The Balaban J connectivity index is 2.08. The first-order valence-corrected chi connectivity index (χ1v) is 5.56. The lowest BCUT2D eigenvalue weighted by molar-refractivity contribution is 0.0750. The zero-order valence-corrected chi connectivity index (χ0v) is 9.35. The third-order valence-electron chi connectivity index (χ3n) is 3.21. The minimum Gasteiger partial charge on any atom is -0.393 e. The van der Waals surface area contributed by atoms with Crippen molar-refractivity contribution in [2.75, 3.05) is 11.9 Å². The van der Waals surface area contributed by atoms with E-state index in [1.807, 2.05) is 12.3 Å². The fraction of sp³-hybridized carbons (Fsp3) is 0.583. The van der Waals surface area contributed by atoms with Crippen molar-refractivity contribution in [2.45, 2.75) is 38.3 Å². The van der Waals surface area contributed by atoms with Crippen LogP contribution in [0.1, 0.15) is 25.5 Å². The van der Waals surface area contributed by atoms with Crippen LogP contribution in [0.3, 0.4) is 0 Å². The molecule has 1 fully saturated rings. The van der Waals surface area contributed by atoms with E-state index < -0.39 is 0 Å². The van der Waals surface area contributed by atoms with E-state index in [-0.39, 0.29) is 6.10 Å². The van der Waals surface area contributed by atoms with Gasteiger partial charge in [0.15, 0.2) is 0 Å². The molecule has 3 nitrogen and oxygen atoms in total. The Morgan fingerprint density at radius 2 is 2.27 bits per heavy atom. The van der Waals surface area contributed by atoms with Gasteiger partial charge in [-0.05, 0) is 31.4 Å². The van der Waals surface area contributed by atoms with E-state index in [0.29, 0.717) is 6.04 Å². The number of anilines is 1. The molecule has 3 heteroatoms. The van der Waals surface area contributed by atoms with Gasteiger partial charge in [-0.15, -0.1) is 0 Å². The maximum atomic E-state index is 9.28. The van der Waals surface area contributed by atoms with Crippen molar-refractivity contribution in [3.05, 3.63) is 24.0 Å². The van der Waals surface area contributed by atoms with E-state index in [0.717, 1.165) is 25.0 Å². The van der Waals surface area contributed by atoms with Gasteiger partial charge in [-0.25, -0.2) is 0 Å². The Morgan fingerprint density at radius 3 is 2.87 bits per heavy atom. The van der Waals surface area contributed by atoms with Crippen LogP contribution in [0.2, 0.25) is 0 Å². The summed E-state index contributed by atoms with van der Waals surface area (Å²) in [4.78, 5) is 6.53. The van der Waals surface area contributed by atoms with Gasteiger partial charge in [0.25, 0.3) is 0 Å². The van der Waals surface area contributed by atoms with Crippen LogP contribution < -0.4 is 4.90 Å². The van der Waals surface area contributed by atoms with Crippen LogP contribution in [0, 0.1) is 0 Å². The normalized spacial score (nSPS) is 24.7. The standard InChI is InChI=1S/C12H18N2O/c1-3-9-6-10(4-5-13-9)14(2)11-7-12(15)8-11/h4-6,11-12,15H,3,7-8H2,1-2H3. The van der Waals surface area contributed by atoms with Gasteiger partial charge in [0, 0.05) is 30.7 Å². The molecule has 0 aliphatic heterocycles. The number of aliphatic hydroxyl groups is 1. The van der Waals surface area contributed by atoms with Crippen molar-refractivity contribution in [3.8, 4) is 0 Å². The summed E-state index contributed by atoms with van der Waals surface area (Å²) in [6.45, 7) is 2.11. The Hall–Kier alpha value is -1.09. The first-order valence-electron chi connectivity index (χ1n) is 5.56. The number of nitrogens with zero attached hydrogens (tertiary/aromatic N) is 2. The zero-order valence-electron chi connectivity index (χ0n) is 9.35. The quantitative estimate of drug-likeness (QED) is 0.816. The Morgan fingerprint density at radius 1 is 1.53 bits per heavy atom. The largest absolute Gasteiger partial charge is 0.393 e. The van der Waals surface area contributed by atoms with Crippen molar-refractivity contribution in [3.63, 3.8) is 0 Å². The number of aromatic nitrogens is 1. The fourth-order valence-corrected chi connectivity index (χ4v) is 1.96. The predicted octanol–water partition coefficient (Wildman–Crippen LogP) is 1.60. The van der Waals surface area contributed by atoms with Crippen LogP contribution in [0.4, 0.5) is 5.69 Å². The summed E-state index contributed by atoms with van der Waals surface area (Å²) in [5.41, 5.74) is 2.33. The van der Waals surface area contributed by atoms with Crippen molar-refractivity contribution < 1.29 is 5.11 Å². The number of hydrogen-bond donors (Lipinski definition) is 1. The Kier molecular flexibility index (Phi) is 2.91. The van der Waals surface area contributed by atoms with E-state index in [1.165, 1.54) is 5.69 Å². The highest BCUT2D eigenvalue weighted by Gasteiger charge is 2.30. The summed E-state index contributed by atoms with van der Waals surface area (Å²) in [5, 5.41) is 9.28. The first-order chi connectivity index (χ1) is 7.20. The molecule has 1 N–H and O–H groups in total. The summed E-state index contributed by atoms with van der Waals surface area (Å²) in [6.07, 6.45) is 4.51. The van der Waals surface area contributed by atoms with Crippen LogP contribution in [0.5, 0.6) is 0 Å². The molecule has 2 rings (SSSR count). The van der Waals surface area contributed by atoms with Gasteiger partial charge in [-0.1, -0.05) is 6.92 Å². The van der Waals surface area contributed by atoms with E-state index >= 15 is 0 Å². The number of rotatable bonds is 3. The van der Waals surface area contributed by atoms with Gasteiger partial charge in [0.05, 0.1) is 6.10 Å². The molecule has 0 amide bonds. The zero-order chi connectivity index (χ0) is 10.8. The third-order valence-corrected chi connectivity index (χ3v) is 3.21. The molecule has 82 valence electrons. The maximum Gasteiger partial charge on any atom is 0.0579 e. The summed E-state index contributed by atoms with van der Waals surface area (Å²) in [5.74, 6) is 0. The van der Waals surface area contributed by atoms with Crippen molar-refractivity contribution in [1.82, 2.24) is 4.98 Å². The number of hydrogen-bond acceptors (Lipinski definition) is 3. The average molecular weight is 206 g/mol. The van der Waals surface area contributed by atoms with E-state index in [4.69, 9.17) is 0 Å². The molecule has 0 radical (unpaired) electrons. The number of aliphatic hydroxyl groups excluding tert-OH is 1. The fourth-order valence-electron chi connectivity index (χ4n) is 1.96. The molecule has 0 aromatic carbocycles. The lowest BCUT2D eigenvalue weighted by Gasteiger charge is -2.39. The van der Waals surface area contributed by atoms with Crippen molar-refractivity contribution in [1.29, 1.82) is 0 Å².